The number of carboxylic acid groups (broad SMARTS) is 1. The normalized spacial score (nSPS) is 11.9. The van der Waals surface area contributed by atoms with Gasteiger partial charge in [-0.2, -0.15) is 0 Å². The minimum atomic E-state index is -0.818. The summed E-state index contributed by atoms with van der Waals surface area (Å²) < 4.78 is 0. The van der Waals surface area contributed by atoms with Crippen LogP contribution in [0.2, 0.25) is 0 Å². The first-order chi connectivity index (χ1) is 8.51. The van der Waals surface area contributed by atoms with Gasteiger partial charge in [-0.25, -0.2) is 4.79 Å². The third-order valence-corrected chi connectivity index (χ3v) is 2.55. The highest BCUT2D eigenvalue weighted by molar-refractivity contribution is 5.74. The van der Waals surface area contributed by atoms with Gasteiger partial charge in [0.2, 0.25) is 0 Å². The monoisotopic (exact) mass is 260 g/mol. The van der Waals surface area contributed by atoms with Crippen LogP contribution in [0.4, 0.5) is 4.79 Å². The van der Waals surface area contributed by atoms with Crippen LogP contribution in [0.5, 0.6) is 0 Å². The number of amides is 2. The number of nitrogens with one attached hydrogen (secondary N) is 1. The van der Waals surface area contributed by atoms with Crippen molar-refractivity contribution in [2.75, 3.05) is 19.7 Å². The molecule has 1 unspecified atom stereocenters. The van der Waals surface area contributed by atoms with E-state index in [9.17, 15) is 9.59 Å². The number of urea groups is 1. The Bertz CT molecular complexity index is 252. The molecule has 0 aromatic heterocycles. The number of hydrogen-bond acceptors (Lipinski definition) is 3. The molecule has 0 aliphatic heterocycles. The predicted molar refractivity (Wildman–Crippen MR) is 68.4 cm³/mol. The van der Waals surface area contributed by atoms with Crippen LogP contribution in [0.25, 0.3) is 0 Å². The average Bonchev–Trinajstić information content (AvgIpc) is 2.28. The molecule has 6 nitrogen and oxygen atoms in total. The van der Waals surface area contributed by atoms with Crippen LogP contribution in [0.3, 0.4) is 0 Å². The van der Waals surface area contributed by atoms with Gasteiger partial charge in [-0.15, -0.1) is 0 Å². The zero-order chi connectivity index (χ0) is 14.0. The standard InChI is InChI=1S/C12H24N2O4/c1-3-7-14(8-9-15)12(18)13-10(2)5-4-6-11(16)17/h10,15H,3-9H2,1-2H3,(H,13,18)(H,16,17). The second-order valence-electron chi connectivity index (χ2n) is 4.35. The highest BCUT2D eigenvalue weighted by atomic mass is 16.4. The van der Waals surface area contributed by atoms with E-state index in [4.69, 9.17) is 10.2 Å². The molecule has 2 amide bonds. The summed E-state index contributed by atoms with van der Waals surface area (Å²) in [6.45, 7) is 4.69. The van der Waals surface area contributed by atoms with Crippen molar-refractivity contribution >= 4 is 12.0 Å². The van der Waals surface area contributed by atoms with Crippen LogP contribution in [0.15, 0.2) is 0 Å². The van der Waals surface area contributed by atoms with Crippen molar-refractivity contribution in [2.24, 2.45) is 0 Å². The fraction of sp³-hybridized carbons (Fsp3) is 0.833. The van der Waals surface area contributed by atoms with Gasteiger partial charge in [0.1, 0.15) is 0 Å². The van der Waals surface area contributed by atoms with E-state index in [0.29, 0.717) is 25.9 Å². The van der Waals surface area contributed by atoms with Crippen LogP contribution < -0.4 is 5.32 Å². The topological polar surface area (TPSA) is 89.9 Å². The molecule has 0 bridgehead atoms. The predicted octanol–water partition coefficient (Wildman–Crippen LogP) is 1.04. The molecular formula is C12H24N2O4. The summed E-state index contributed by atoms with van der Waals surface area (Å²) in [5.74, 6) is -0.818. The summed E-state index contributed by atoms with van der Waals surface area (Å²) >= 11 is 0. The molecular weight excluding hydrogens is 236 g/mol. The maximum Gasteiger partial charge on any atom is 0.317 e. The van der Waals surface area contributed by atoms with Crippen molar-refractivity contribution < 1.29 is 19.8 Å². The maximum absolute atomic E-state index is 11.8. The molecule has 3 N–H and O–H groups in total. The molecule has 6 heteroatoms. The minimum Gasteiger partial charge on any atom is -0.481 e. The summed E-state index contributed by atoms with van der Waals surface area (Å²) in [4.78, 5) is 23.7. The van der Waals surface area contributed by atoms with Gasteiger partial charge in [0.15, 0.2) is 0 Å². The van der Waals surface area contributed by atoms with E-state index in [2.05, 4.69) is 5.32 Å². The molecule has 18 heavy (non-hydrogen) atoms. The molecule has 0 rings (SSSR count). The number of aliphatic hydroxyl groups excluding tert-OH is 1. The highest BCUT2D eigenvalue weighted by Gasteiger charge is 2.14. The first-order valence-electron chi connectivity index (χ1n) is 6.39. The number of carbonyl (C=O) groups is 2. The fourth-order valence-electron chi connectivity index (χ4n) is 1.64. The van der Waals surface area contributed by atoms with Crippen molar-refractivity contribution in [1.29, 1.82) is 0 Å². The van der Waals surface area contributed by atoms with Crippen LogP contribution in [-0.4, -0.2) is 52.9 Å². The van der Waals surface area contributed by atoms with E-state index < -0.39 is 5.97 Å². The molecule has 0 saturated carbocycles. The Balaban J connectivity index is 3.98. The van der Waals surface area contributed by atoms with Gasteiger partial charge in [0.05, 0.1) is 6.61 Å². The summed E-state index contributed by atoms with van der Waals surface area (Å²) in [5.41, 5.74) is 0. The largest absolute Gasteiger partial charge is 0.481 e. The van der Waals surface area contributed by atoms with Gasteiger partial charge in [-0.3, -0.25) is 4.79 Å². The molecule has 0 aromatic carbocycles. The Kier molecular flexibility index (Phi) is 9.00. The summed E-state index contributed by atoms with van der Waals surface area (Å²) in [6.07, 6.45) is 2.14. The van der Waals surface area contributed by atoms with Gasteiger partial charge >= 0.3 is 12.0 Å². The van der Waals surface area contributed by atoms with Gasteiger partial charge in [0.25, 0.3) is 0 Å². The first kappa shape index (κ1) is 16.7. The van der Waals surface area contributed by atoms with Crippen molar-refractivity contribution in [1.82, 2.24) is 10.2 Å². The SMILES string of the molecule is CCCN(CCO)C(=O)NC(C)CCCC(=O)O. The van der Waals surface area contributed by atoms with Gasteiger partial charge in [0, 0.05) is 25.6 Å². The maximum atomic E-state index is 11.8. The van der Waals surface area contributed by atoms with Crippen molar-refractivity contribution in [2.45, 2.75) is 45.6 Å². The molecule has 0 radical (unpaired) electrons. The van der Waals surface area contributed by atoms with Crippen LogP contribution in [-0.2, 0) is 4.79 Å². The molecule has 0 heterocycles. The summed E-state index contributed by atoms with van der Waals surface area (Å²) in [7, 11) is 0. The number of aliphatic hydroxyl groups is 1. The Labute approximate surface area is 108 Å². The lowest BCUT2D eigenvalue weighted by molar-refractivity contribution is -0.137. The number of rotatable bonds is 9. The Morgan fingerprint density at radius 3 is 2.50 bits per heavy atom. The zero-order valence-corrected chi connectivity index (χ0v) is 11.2. The van der Waals surface area contributed by atoms with Crippen LogP contribution in [0, 0.1) is 0 Å². The van der Waals surface area contributed by atoms with Crippen molar-refractivity contribution in [3.63, 3.8) is 0 Å². The Morgan fingerprint density at radius 2 is 2.00 bits per heavy atom. The second-order valence-corrected chi connectivity index (χ2v) is 4.35. The van der Waals surface area contributed by atoms with E-state index in [1.807, 2.05) is 13.8 Å². The molecule has 1 atom stereocenters. The van der Waals surface area contributed by atoms with Crippen molar-refractivity contribution in [3.8, 4) is 0 Å². The third kappa shape index (κ3) is 7.89. The Hall–Kier alpha value is -1.30. The van der Waals surface area contributed by atoms with Gasteiger partial charge < -0.3 is 20.4 Å². The third-order valence-electron chi connectivity index (χ3n) is 2.55. The molecule has 0 aromatic rings. The zero-order valence-electron chi connectivity index (χ0n) is 11.2. The van der Waals surface area contributed by atoms with E-state index >= 15 is 0 Å². The number of hydrogen-bond donors (Lipinski definition) is 3. The lowest BCUT2D eigenvalue weighted by Crippen LogP contribution is -2.45. The molecule has 0 spiro atoms. The molecule has 0 aliphatic rings. The smallest absolute Gasteiger partial charge is 0.317 e. The summed E-state index contributed by atoms with van der Waals surface area (Å²) in [6, 6.07) is -0.261. The van der Waals surface area contributed by atoms with Crippen LogP contribution >= 0.6 is 0 Å². The van der Waals surface area contributed by atoms with E-state index in [1.165, 1.54) is 0 Å². The highest BCUT2D eigenvalue weighted by Crippen LogP contribution is 2.02. The van der Waals surface area contributed by atoms with E-state index in [0.717, 1.165) is 6.42 Å². The minimum absolute atomic E-state index is 0.0547. The second kappa shape index (κ2) is 9.70. The number of carboxylic acids is 1. The molecule has 0 aliphatic carbocycles. The lowest BCUT2D eigenvalue weighted by Gasteiger charge is -2.24. The van der Waals surface area contributed by atoms with Gasteiger partial charge in [-0.1, -0.05) is 6.92 Å². The fourth-order valence-corrected chi connectivity index (χ4v) is 1.64. The van der Waals surface area contributed by atoms with Crippen LogP contribution in [0.1, 0.15) is 39.5 Å². The van der Waals surface area contributed by atoms with E-state index in [1.54, 1.807) is 4.90 Å². The summed E-state index contributed by atoms with van der Waals surface area (Å²) in [5, 5.41) is 20.2. The van der Waals surface area contributed by atoms with Crippen molar-refractivity contribution in [3.05, 3.63) is 0 Å². The number of carbonyl (C=O) groups excluding carboxylic acids is 1. The molecule has 0 saturated heterocycles. The quantitative estimate of drug-likeness (QED) is 0.578. The molecule has 106 valence electrons. The van der Waals surface area contributed by atoms with Gasteiger partial charge in [-0.05, 0) is 26.2 Å². The Morgan fingerprint density at radius 1 is 1.33 bits per heavy atom. The van der Waals surface area contributed by atoms with E-state index in [-0.39, 0.29) is 25.1 Å². The number of nitrogens with zero attached hydrogens (tertiary/aromatic N) is 1. The molecule has 0 fully saturated rings. The lowest BCUT2D eigenvalue weighted by atomic mass is 10.1. The first-order valence-corrected chi connectivity index (χ1v) is 6.39. The number of aliphatic carboxylic acids is 1. The average molecular weight is 260 g/mol.